The molecular formula is C18H25N3O4S. The maximum atomic E-state index is 12.5. The van der Waals surface area contributed by atoms with Crippen LogP contribution in [0.3, 0.4) is 0 Å². The number of hydrogen-bond donors (Lipinski definition) is 2. The molecule has 26 heavy (non-hydrogen) atoms. The number of rotatable bonds is 7. The van der Waals surface area contributed by atoms with Gasteiger partial charge in [0.2, 0.25) is 11.8 Å². The largest absolute Gasteiger partial charge is 0.481 e. The highest BCUT2D eigenvalue weighted by Crippen LogP contribution is 2.24. The fraction of sp³-hybridized carbons (Fsp3) is 0.556. The molecule has 1 aliphatic rings. The maximum absolute atomic E-state index is 12.5. The first-order valence-corrected chi connectivity index (χ1v) is 9.70. The van der Waals surface area contributed by atoms with E-state index >= 15 is 0 Å². The summed E-state index contributed by atoms with van der Waals surface area (Å²) in [5, 5.41) is 12.5. The van der Waals surface area contributed by atoms with Crippen molar-refractivity contribution in [2.24, 2.45) is 11.8 Å². The lowest BCUT2D eigenvalue weighted by Crippen LogP contribution is -2.50. The van der Waals surface area contributed by atoms with Gasteiger partial charge in [0.25, 0.3) is 0 Å². The van der Waals surface area contributed by atoms with Gasteiger partial charge >= 0.3 is 5.97 Å². The van der Waals surface area contributed by atoms with Gasteiger partial charge in [-0.2, -0.15) is 0 Å². The molecule has 1 aromatic rings. The smallest absolute Gasteiger partial charge is 0.308 e. The van der Waals surface area contributed by atoms with Crippen molar-refractivity contribution in [3.05, 3.63) is 30.1 Å². The number of aliphatic carboxylic acids is 1. The van der Waals surface area contributed by atoms with Crippen molar-refractivity contribution in [1.29, 1.82) is 0 Å². The summed E-state index contributed by atoms with van der Waals surface area (Å²) in [5.74, 6) is -2.24. The molecule has 1 saturated heterocycles. The van der Waals surface area contributed by atoms with Crippen LogP contribution < -0.4 is 5.32 Å². The average Bonchev–Trinajstić information content (AvgIpc) is 2.64. The lowest BCUT2D eigenvalue weighted by atomic mass is 9.88. The zero-order valence-corrected chi connectivity index (χ0v) is 15.9. The van der Waals surface area contributed by atoms with Gasteiger partial charge in [0.1, 0.15) is 0 Å². The van der Waals surface area contributed by atoms with E-state index in [9.17, 15) is 19.5 Å². The van der Waals surface area contributed by atoms with Crippen LogP contribution in [-0.2, 0) is 20.9 Å². The Labute approximate surface area is 157 Å². The first kappa shape index (κ1) is 20.2. The number of carboxylic acids is 1. The molecule has 1 fully saturated rings. The van der Waals surface area contributed by atoms with E-state index in [1.54, 1.807) is 18.5 Å². The number of nitrogens with zero attached hydrogens (tertiary/aromatic N) is 2. The molecule has 2 N–H and O–H groups in total. The molecule has 0 spiro atoms. The third-order valence-corrected chi connectivity index (χ3v) is 5.33. The number of carboxylic acid groups (broad SMARTS) is 1. The van der Waals surface area contributed by atoms with Gasteiger partial charge in [0.15, 0.2) is 0 Å². The summed E-state index contributed by atoms with van der Waals surface area (Å²) in [6.45, 7) is 4.77. The van der Waals surface area contributed by atoms with Gasteiger partial charge in [-0.25, -0.2) is 0 Å². The maximum Gasteiger partial charge on any atom is 0.308 e. The number of likely N-dealkylation sites (tertiary alicyclic amines) is 1. The molecule has 2 heterocycles. The summed E-state index contributed by atoms with van der Waals surface area (Å²) in [6.07, 6.45) is 3.57. The molecule has 2 atom stereocenters. The first-order chi connectivity index (χ1) is 12.4. The Morgan fingerprint density at radius 3 is 2.69 bits per heavy atom. The molecule has 1 aromatic heterocycles. The van der Waals surface area contributed by atoms with E-state index in [1.165, 1.54) is 16.7 Å². The molecule has 8 heteroatoms. The topological polar surface area (TPSA) is 99.6 Å². The molecular weight excluding hydrogens is 354 g/mol. The SMILES string of the molecule is CC(C)SCC(=O)N1C[C@@H](C(=O)O)C[C@H](C(=O)NCc2cccnc2)C1. The van der Waals surface area contributed by atoms with Crippen LogP contribution in [0.2, 0.25) is 0 Å². The van der Waals surface area contributed by atoms with Crippen LogP contribution in [0.15, 0.2) is 24.5 Å². The first-order valence-electron chi connectivity index (χ1n) is 8.65. The monoisotopic (exact) mass is 379 g/mol. The molecule has 2 rings (SSSR count). The van der Waals surface area contributed by atoms with Crippen molar-refractivity contribution in [2.45, 2.75) is 32.1 Å². The fourth-order valence-electron chi connectivity index (χ4n) is 2.84. The second-order valence-electron chi connectivity index (χ2n) is 6.71. The molecule has 2 amide bonds. The molecule has 0 bridgehead atoms. The Balaban J connectivity index is 1.97. The van der Waals surface area contributed by atoms with E-state index in [4.69, 9.17) is 0 Å². The van der Waals surface area contributed by atoms with E-state index in [0.29, 0.717) is 17.5 Å². The van der Waals surface area contributed by atoms with Crippen LogP contribution in [0.5, 0.6) is 0 Å². The second kappa shape index (κ2) is 9.56. The third-order valence-electron chi connectivity index (χ3n) is 4.25. The van der Waals surface area contributed by atoms with Gasteiger partial charge in [-0.1, -0.05) is 19.9 Å². The molecule has 142 valence electrons. The fourth-order valence-corrected chi connectivity index (χ4v) is 3.50. The molecule has 0 saturated carbocycles. The number of thioether (sulfide) groups is 1. The number of pyridine rings is 1. The lowest BCUT2D eigenvalue weighted by Gasteiger charge is -2.35. The third kappa shape index (κ3) is 6.01. The minimum Gasteiger partial charge on any atom is -0.481 e. The van der Waals surface area contributed by atoms with E-state index in [2.05, 4.69) is 10.3 Å². The average molecular weight is 379 g/mol. The number of amides is 2. The number of carbonyl (C=O) groups excluding carboxylic acids is 2. The Bertz CT molecular complexity index is 639. The minimum atomic E-state index is -0.968. The molecule has 7 nitrogen and oxygen atoms in total. The van der Waals surface area contributed by atoms with Crippen molar-refractivity contribution in [2.75, 3.05) is 18.8 Å². The minimum absolute atomic E-state index is 0.111. The number of nitrogens with one attached hydrogen (secondary N) is 1. The van der Waals surface area contributed by atoms with Gasteiger partial charge in [-0.15, -0.1) is 11.8 Å². The number of hydrogen-bond acceptors (Lipinski definition) is 5. The van der Waals surface area contributed by atoms with E-state index in [1.807, 2.05) is 19.9 Å². The number of piperidine rings is 1. The zero-order valence-electron chi connectivity index (χ0n) is 15.1. The molecule has 1 aliphatic heterocycles. The summed E-state index contributed by atoms with van der Waals surface area (Å²) in [5.41, 5.74) is 0.868. The van der Waals surface area contributed by atoms with E-state index in [-0.39, 0.29) is 31.3 Å². The number of aromatic nitrogens is 1. The number of carbonyl (C=O) groups is 3. The standard InChI is InChI=1S/C18H25N3O4S/c1-12(2)26-11-16(22)21-9-14(6-15(10-21)18(24)25)17(23)20-8-13-4-3-5-19-7-13/h3-5,7,12,14-15H,6,8-11H2,1-2H3,(H,20,23)(H,24,25)/t14-,15-/m0/s1. The van der Waals surface area contributed by atoms with E-state index < -0.39 is 17.8 Å². The van der Waals surface area contributed by atoms with Crippen molar-refractivity contribution in [1.82, 2.24) is 15.2 Å². The van der Waals surface area contributed by atoms with Crippen LogP contribution in [0, 0.1) is 11.8 Å². The van der Waals surface area contributed by atoms with E-state index in [0.717, 1.165) is 5.56 Å². The summed E-state index contributed by atoms with van der Waals surface area (Å²) in [6, 6.07) is 3.64. The quantitative estimate of drug-likeness (QED) is 0.743. The predicted octanol–water partition coefficient (Wildman–Crippen LogP) is 1.39. The summed E-state index contributed by atoms with van der Waals surface area (Å²) in [4.78, 5) is 41.9. The highest BCUT2D eigenvalue weighted by Gasteiger charge is 2.36. The van der Waals surface area contributed by atoms with Gasteiger partial charge in [0, 0.05) is 32.0 Å². The van der Waals surface area contributed by atoms with Gasteiger partial charge < -0.3 is 15.3 Å². The molecule has 0 aliphatic carbocycles. The Morgan fingerprint density at radius 1 is 1.35 bits per heavy atom. The second-order valence-corrected chi connectivity index (χ2v) is 8.27. The highest BCUT2D eigenvalue weighted by atomic mass is 32.2. The lowest BCUT2D eigenvalue weighted by molar-refractivity contribution is -0.147. The van der Waals surface area contributed by atoms with Crippen LogP contribution in [0.25, 0.3) is 0 Å². The summed E-state index contributed by atoms with van der Waals surface area (Å²) in [7, 11) is 0. The van der Waals surface area contributed by atoms with Crippen LogP contribution in [0.4, 0.5) is 0 Å². The van der Waals surface area contributed by atoms with Gasteiger partial charge in [-0.05, 0) is 23.3 Å². The van der Waals surface area contributed by atoms with Crippen molar-refractivity contribution < 1.29 is 19.5 Å². The zero-order chi connectivity index (χ0) is 19.1. The van der Waals surface area contributed by atoms with Crippen LogP contribution >= 0.6 is 11.8 Å². The predicted molar refractivity (Wildman–Crippen MR) is 99.5 cm³/mol. The van der Waals surface area contributed by atoms with Crippen molar-refractivity contribution in [3.8, 4) is 0 Å². The van der Waals surface area contributed by atoms with Crippen LogP contribution in [-0.4, -0.2) is 56.9 Å². The summed E-state index contributed by atoms with van der Waals surface area (Å²) >= 11 is 1.51. The Hall–Kier alpha value is -2.09. The van der Waals surface area contributed by atoms with Crippen molar-refractivity contribution in [3.63, 3.8) is 0 Å². The van der Waals surface area contributed by atoms with Crippen LogP contribution in [0.1, 0.15) is 25.8 Å². The van der Waals surface area contributed by atoms with Gasteiger partial charge in [0.05, 0.1) is 17.6 Å². The normalized spacial score (nSPS) is 20.0. The molecule has 0 unspecified atom stereocenters. The Kier molecular flexibility index (Phi) is 7.44. The highest BCUT2D eigenvalue weighted by molar-refractivity contribution is 8.00. The molecule has 0 radical (unpaired) electrons. The molecule has 0 aromatic carbocycles. The van der Waals surface area contributed by atoms with Gasteiger partial charge in [-0.3, -0.25) is 19.4 Å². The summed E-state index contributed by atoms with van der Waals surface area (Å²) < 4.78 is 0. The Morgan fingerprint density at radius 2 is 2.08 bits per heavy atom. The van der Waals surface area contributed by atoms with Crippen molar-refractivity contribution >= 4 is 29.5 Å².